The lowest BCUT2D eigenvalue weighted by molar-refractivity contribution is 0.0995. The van der Waals surface area contributed by atoms with E-state index in [0.29, 0.717) is 18.0 Å². The maximum absolute atomic E-state index is 11.9. The molecule has 0 atom stereocenters. The van der Waals surface area contributed by atoms with E-state index < -0.39 is 0 Å². The number of furan rings is 1. The summed E-state index contributed by atoms with van der Waals surface area (Å²) in [4.78, 5) is 11.9. The molecular weight excluding hydrogens is 240 g/mol. The molecule has 3 N–H and O–H groups in total. The normalized spacial score (nSPS) is 9.58. The van der Waals surface area contributed by atoms with Crippen LogP contribution in [0.5, 0.6) is 0 Å². The van der Waals surface area contributed by atoms with E-state index in [9.17, 15) is 4.79 Å². The number of rotatable bonds is 2. The highest BCUT2D eigenvalue weighted by atomic mass is 16.3. The highest BCUT2D eigenvalue weighted by molar-refractivity contribution is 6.02. The quantitative estimate of drug-likeness (QED) is 0.807. The average Bonchev–Trinajstić information content (AvgIpc) is 2.83. The van der Waals surface area contributed by atoms with E-state index >= 15 is 0 Å². The Morgan fingerprint density at radius 1 is 1.37 bits per heavy atom. The number of hydrogen-bond acceptors (Lipinski definition) is 3. The zero-order chi connectivity index (χ0) is 13.7. The Balaban J connectivity index is 2.13. The summed E-state index contributed by atoms with van der Waals surface area (Å²) in [5.41, 5.74) is 6.79. The number of anilines is 1. The first-order chi connectivity index (χ1) is 9.19. The summed E-state index contributed by atoms with van der Waals surface area (Å²) in [6.07, 6.45) is 0. The summed E-state index contributed by atoms with van der Waals surface area (Å²) in [7, 11) is 0. The third kappa shape index (κ3) is 3.47. The molecule has 1 aromatic heterocycles. The van der Waals surface area contributed by atoms with Gasteiger partial charge in [-0.2, -0.15) is 0 Å². The number of amides is 1. The van der Waals surface area contributed by atoms with Crippen LogP contribution in [0.25, 0.3) is 0 Å². The number of hydrogen-bond donors (Lipinski definition) is 2. The Hall–Kier alpha value is -2.51. The highest BCUT2D eigenvalue weighted by Gasteiger charge is 2.09. The van der Waals surface area contributed by atoms with Crippen LogP contribution in [0.3, 0.4) is 0 Å². The largest absolute Gasteiger partial charge is 0.456 e. The van der Waals surface area contributed by atoms with Gasteiger partial charge in [0.1, 0.15) is 5.76 Å². The van der Waals surface area contributed by atoms with Gasteiger partial charge in [0, 0.05) is 11.3 Å². The van der Waals surface area contributed by atoms with Crippen LogP contribution >= 0.6 is 0 Å². The first-order valence-corrected chi connectivity index (χ1v) is 5.86. The van der Waals surface area contributed by atoms with E-state index in [-0.39, 0.29) is 11.7 Å². The topological polar surface area (TPSA) is 68.3 Å². The van der Waals surface area contributed by atoms with E-state index in [1.165, 1.54) is 0 Å². The van der Waals surface area contributed by atoms with Crippen LogP contribution in [-0.2, 0) is 0 Å². The maximum atomic E-state index is 11.9. The van der Waals surface area contributed by atoms with E-state index in [4.69, 9.17) is 10.2 Å². The molecule has 0 aliphatic rings. The molecule has 0 saturated heterocycles. The SMILES string of the molecule is Cc1ccc(C(=O)Nc2cccc(C#CCN)c2)o1. The van der Waals surface area contributed by atoms with Crippen LogP contribution in [0.2, 0.25) is 0 Å². The van der Waals surface area contributed by atoms with Crippen molar-refractivity contribution in [1.82, 2.24) is 0 Å². The number of carbonyl (C=O) groups is 1. The lowest BCUT2D eigenvalue weighted by Crippen LogP contribution is -2.10. The Morgan fingerprint density at radius 3 is 2.89 bits per heavy atom. The summed E-state index contributed by atoms with van der Waals surface area (Å²) in [6.45, 7) is 2.10. The van der Waals surface area contributed by atoms with Gasteiger partial charge in [-0.05, 0) is 37.3 Å². The van der Waals surface area contributed by atoms with Crippen molar-refractivity contribution < 1.29 is 9.21 Å². The minimum Gasteiger partial charge on any atom is -0.456 e. The molecule has 4 nitrogen and oxygen atoms in total. The standard InChI is InChI=1S/C15H14N2O2/c1-11-7-8-14(19-11)15(18)17-13-6-2-4-12(10-13)5-3-9-16/h2,4,6-8,10H,9,16H2,1H3,(H,17,18). The fourth-order valence-electron chi connectivity index (χ4n) is 1.58. The smallest absolute Gasteiger partial charge is 0.291 e. The Morgan fingerprint density at radius 2 is 2.21 bits per heavy atom. The van der Waals surface area contributed by atoms with Crippen LogP contribution < -0.4 is 11.1 Å². The Bertz CT molecular complexity index is 647. The van der Waals surface area contributed by atoms with Crippen molar-refractivity contribution in [2.45, 2.75) is 6.92 Å². The molecule has 1 aromatic carbocycles. The van der Waals surface area contributed by atoms with E-state index in [1.807, 2.05) is 12.1 Å². The Labute approximate surface area is 111 Å². The molecule has 2 aromatic rings. The molecule has 0 aliphatic carbocycles. The number of carbonyl (C=O) groups excluding carboxylic acids is 1. The summed E-state index contributed by atoms with van der Waals surface area (Å²) < 4.78 is 5.26. The van der Waals surface area contributed by atoms with Crippen LogP contribution in [0.4, 0.5) is 5.69 Å². The van der Waals surface area contributed by atoms with Gasteiger partial charge in [0.05, 0.1) is 6.54 Å². The third-order valence-electron chi connectivity index (χ3n) is 2.42. The zero-order valence-corrected chi connectivity index (χ0v) is 10.6. The molecule has 19 heavy (non-hydrogen) atoms. The van der Waals surface area contributed by atoms with Gasteiger partial charge in [0.15, 0.2) is 5.76 Å². The number of nitrogens with one attached hydrogen (secondary N) is 1. The van der Waals surface area contributed by atoms with Crippen LogP contribution in [0.1, 0.15) is 21.9 Å². The predicted molar refractivity (Wildman–Crippen MR) is 73.8 cm³/mol. The summed E-state index contributed by atoms with van der Waals surface area (Å²) in [5, 5.41) is 2.76. The van der Waals surface area contributed by atoms with Gasteiger partial charge in [-0.25, -0.2) is 0 Å². The molecule has 0 fully saturated rings. The summed E-state index contributed by atoms with van der Waals surface area (Å²) in [5.74, 6) is 6.39. The Kier molecular flexibility index (Phi) is 4.01. The van der Waals surface area contributed by atoms with Crippen LogP contribution in [0, 0.1) is 18.8 Å². The lowest BCUT2D eigenvalue weighted by Gasteiger charge is -2.03. The molecule has 1 amide bonds. The molecule has 0 radical (unpaired) electrons. The number of benzene rings is 1. The molecule has 0 saturated carbocycles. The molecule has 2 rings (SSSR count). The highest BCUT2D eigenvalue weighted by Crippen LogP contribution is 2.13. The molecule has 1 heterocycles. The molecule has 0 bridgehead atoms. The van der Waals surface area contributed by atoms with E-state index in [0.717, 1.165) is 5.56 Å². The monoisotopic (exact) mass is 254 g/mol. The second-order valence-electron chi connectivity index (χ2n) is 3.95. The van der Waals surface area contributed by atoms with Gasteiger partial charge in [0.25, 0.3) is 5.91 Å². The first-order valence-electron chi connectivity index (χ1n) is 5.86. The average molecular weight is 254 g/mol. The number of aryl methyl sites for hydroxylation is 1. The van der Waals surface area contributed by atoms with Gasteiger partial charge < -0.3 is 15.5 Å². The first kappa shape index (κ1) is 12.9. The van der Waals surface area contributed by atoms with Gasteiger partial charge in [-0.3, -0.25) is 4.79 Å². The van der Waals surface area contributed by atoms with E-state index in [2.05, 4.69) is 17.2 Å². The van der Waals surface area contributed by atoms with Crippen LogP contribution in [0.15, 0.2) is 40.8 Å². The van der Waals surface area contributed by atoms with Crippen molar-refractivity contribution >= 4 is 11.6 Å². The van der Waals surface area contributed by atoms with Crippen molar-refractivity contribution in [1.29, 1.82) is 0 Å². The van der Waals surface area contributed by atoms with Crippen molar-refractivity contribution in [3.63, 3.8) is 0 Å². The minimum atomic E-state index is -0.281. The second kappa shape index (κ2) is 5.89. The van der Waals surface area contributed by atoms with Gasteiger partial charge in [0.2, 0.25) is 0 Å². The second-order valence-corrected chi connectivity index (χ2v) is 3.95. The molecule has 0 unspecified atom stereocenters. The molecule has 0 spiro atoms. The van der Waals surface area contributed by atoms with E-state index in [1.54, 1.807) is 31.2 Å². The van der Waals surface area contributed by atoms with Crippen molar-refractivity contribution in [3.05, 3.63) is 53.5 Å². The summed E-state index contributed by atoms with van der Waals surface area (Å²) >= 11 is 0. The summed E-state index contributed by atoms with van der Waals surface area (Å²) in [6, 6.07) is 10.7. The fourth-order valence-corrected chi connectivity index (χ4v) is 1.58. The lowest BCUT2D eigenvalue weighted by atomic mass is 10.2. The zero-order valence-electron chi connectivity index (χ0n) is 10.6. The molecule has 0 aliphatic heterocycles. The molecule has 96 valence electrons. The van der Waals surface area contributed by atoms with Crippen LogP contribution in [-0.4, -0.2) is 12.5 Å². The van der Waals surface area contributed by atoms with Crippen molar-refractivity contribution in [2.24, 2.45) is 5.73 Å². The van der Waals surface area contributed by atoms with Gasteiger partial charge in [-0.1, -0.05) is 17.9 Å². The van der Waals surface area contributed by atoms with Gasteiger partial charge in [-0.15, -0.1) is 0 Å². The van der Waals surface area contributed by atoms with Gasteiger partial charge >= 0.3 is 0 Å². The maximum Gasteiger partial charge on any atom is 0.291 e. The fraction of sp³-hybridized carbons (Fsp3) is 0.133. The predicted octanol–water partition coefficient (Wildman–Crippen LogP) is 2.15. The third-order valence-corrected chi connectivity index (χ3v) is 2.42. The number of nitrogens with two attached hydrogens (primary N) is 1. The van der Waals surface area contributed by atoms with Crippen molar-refractivity contribution in [2.75, 3.05) is 11.9 Å². The van der Waals surface area contributed by atoms with Crippen molar-refractivity contribution in [3.8, 4) is 11.8 Å². The molecule has 4 heteroatoms. The molecular formula is C15H14N2O2. The minimum absolute atomic E-state index is 0.281.